The van der Waals surface area contributed by atoms with Crippen LogP contribution in [0.2, 0.25) is 0 Å². The number of hydrogen-bond acceptors (Lipinski definition) is 6. The number of carbonyl (C=O) groups excluding carboxylic acids is 2. The minimum atomic E-state index is -0.850. The number of rotatable bonds is 4. The maximum Gasteiger partial charge on any atom is 0.254 e. The fourth-order valence-corrected chi connectivity index (χ4v) is 4.30. The molecule has 3 N–H and O–H groups in total. The third-order valence-electron chi connectivity index (χ3n) is 5.50. The standard InChI is InChI=1S/C17H26N4O4S/c1-16(20-14(23)12-9-18-19-10-12)5-8-25-17(15(16)24)3-6-21(7-4-17)13(22)11-26-2/h9-10,15,24H,3-8,11H2,1-2H3,(H,18,19)(H,20,23)/t15-,16+/m0/s1. The number of aliphatic hydroxyl groups is 1. The maximum atomic E-state index is 12.4. The van der Waals surface area contributed by atoms with E-state index >= 15 is 0 Å². The van der Waals surface area contributed by atoms with E-state index in [-0.39, 0.29) is 11.8 Å². The Morgan fingerprint density at radius 2 is 2.19 bits per heavy atom. The first kappa shape index (κ1) is 19.2. The van der Waals surface area contributed by atoms with Crippen LogP contribution in [-0.4, -0.2) is 81.0 Å². The van der Waals surface area contributed by atoms with Gasteiger partial charge in [-0.2, -0.15) is 16.9 Å². The summed E-state index contributed by atoms with van der Waals surface area (Å²) in [6.45, 7) is 3.42. The Kier molecular flexibility index (Phi) is 5.59. The van der Waals surface area contributed by atoms with Crippen LogP contribution in [0.3, 0.4) is 0 Å². The van der Waals surface area contributed by atoms with Gasteiger partial charge in [0.25, 0.3) is 5.91 Å². The molecular formula is C17H26N4O4S. The van der Waals surface area contributed by atoms with E-state index in [9.17, 15) is 14.7 Å². The second-order valence-electron chi connectivity index (χ2n) is 7.24. The van der Waals surface area contributed by atoms with E-state index < -0.39 is 17.2 Å². The summed E-state index contributed by atoms with van der Waals surface area (Å²) in [6, 6.07) is 0. The Balaban J connectivity index is 1.68. The number of aromatic nitrogens is 2. The SMILES string of the molecule is CSCC(=O)N1CCC2(CC1)OCC[C@@](C)(NC(=O)c1cn[nH]c1)[C@@H]2O. The number of hydrogen-bond donors (Lipinski definition) is 3. The molecule has 0 bridgehead atoms. The van der Waals surface area contributed by atoms with Crippen LogP contribution < -0.4 is 5.32 Å². The minimum absolute atomic E-state index is 0.119. The molecule has 2 amide bonds. The molecule has 0 saturated carbocycles. The first-order valence-electron chi connectivity index (χ1n) is 8.80. The second kappa shape index (κ2) is 7.58. The third kappa shape index (κ3) is 3.60. The van der Waals surface area contributed by atoms with Gasteiger partial charge in [0.05, 0.1) is 28.7 Å². The highest BCUT2D eigenvalue weighted by molar-refractivity contribution is 7.99. The molecule has 0 aliphatic carbocycles. The van der Waals surface area contributed by atoms with Crippen LogP contribution in [0.15, 0.2) is 12.4 Å². The molecule has 2 saturated heterocycles. The van der Waals surface area contributed by atoms with Crippen LogP contribution >= 0.6 is 11.8 Å². The maximum absolute atomic E-state index is 12.4. The van der Waals surface area contributed by atoms with Crippen molar-refractivity contribution in [2.24, 2.45) is 0 Å². The molecule has 8 nitrogen and oxygen atoms in total. The summed E-state index contributed by atoms with van der Waals surface area (Å²) in [6.07, 6.45) is 5.68. The Bertz CT molecular complexity index is 645. The van der Waals surface area contributed by atoms with Crippen LogP contribution in [0, 0.1) is 0 Å². The van der Waals surface area contributed by atoms with Crippen molar-refractivity contribution in [2.75, 3.05) is 31.7 Å². The van der Waals surface area contributed by atoms with Gasteiger partial charge in [-0.05, 0) is 32.4 Å². The summed E-state index contributed by atoms with van der Waals surface area (Å²) in [7, 11) is 0. The number of H-pyrrole nitrogens is 1. The monoisotopic (exact) mass is 382 g/mol. The van der Waals surface area contributed by atoms with E-state index in [0.717, 1.165) is 0 Å². The van der Waals surface area contributed by atoms with E-state index in [2.05, 4.69) is 15.5 Å². The molecule has 1 spiro atoms. The summed E-state index contributed by atoms with van der Waals surface area (Å²) >= 11 is 1.51. The molecule has 9 heteroatoms. The van der Waals surface area contributed by atoms with E-state index in [4.69, 9.17) is 4.74 Å². The highest BCUT2D eigenvalue weighted by Crippen LogP contribution is 2.40. The van der Waals surface area contributed by atoms with Crippen molar-refractivity contribution < 1.29 is 19.4 Å². The predicted molar refractivity (Wildman–Crippen MR) is 98.0 cm³/mol. The molecule has 3 rings (SSSR count). The fraction of sp³-hybridized carbons (Fsp3) is 0.706. The summed E-state index contributed by atoms with van der Waals surface area (Å²) < 4.78 is 6.01. The van der Waals surface area contributed by atoms with Crippen molar-refractivity contribution >= 4 is 23.6 Å². The van der Waals surface area contributed by atoms with Gasteiger partial charge in [0.1, 0.15) is 6.10 Å². The highest BCUT2D eigenvalue weighted by Gasteiger charge is 2.54. The smallest absolute Gasteiger partial charge is 0.254 e. The van der Waals surface area contributed by atoms with Crippen molar-refractivity contribution in [1.82, 2.24) is 20.4 Å². The molecule has 0 aromatic carbocycles. The van der Waals surface area contributed by atoms with Crippen molar-refractivity contribution in [3.63, 3.8) is 0 Å². The number of nitrogens with one attached hydrogen (secondary N) is 2. The number of amides is 2. The predicted octanol–water partition coefficient (Wildman–Crippen LogP) is 0.404. The molecule has 3 heterocycles. The summed E-state index contributed by atoms with van der Waals surface area (Å²) in [5.41, 5.74) is -1.10. The molecule has 26 heavy (non-hydrogen) atoms. The van der Waals surface area contributed by atoms with Crippen molar-refractivity contribution in [1.29, 1.82) is 0 Å². The lowest BCUT2D eigenvalue weighted by Gasteiger charge is -2.53. The second-order valence-corrected chi connectivity index (χ2v) is 8.10. The number of likely N-dealkylation sites (tertiary alicyclic amines) is 1. The molecule has 2 aliphatic heterocycles. The Labute approximate surface area is 157 Å². The molecule has 0 unspecified atom stereocenters. The molecular weight excluding hydrogens is 356 g/mol. The lowest BCUT2D eigenvalue weighted by atomic mass is 9.73. The van der Waals surface area contributed by atoms with Gasteiger partial charge in [0, 0.05) is 25.9 Å². The number of carbonyl (C=O) groups is 2. The molecule has 1 aromatic heterocycles. The molecule has 1 aromatic rings. The van der Waals surface area contributed by atoms with Gasteiger partial charge in [-0.25, -0.2) is 0 Å². The Hall–Kier alpha value is -1.58. The Morgan fingerprint density at radius 3 is 2.81 bits per heavy atom. The first-order chi connectivity index (χ1) is 12.4. The third-order valence-corrected chi connectivity index (χ3v) is 6.04. The number of nitrogens with zero attached hydrogens (tertiary/aromatic N) is 2. The summed E-state index contributed by atoms with van der Waals surface area (Å²) in [5.74, 6) is 0.313. The molecule has 144 valence electrons. The van der Waals surface area contributed by atoms with E-state index in [0.29, 0.717) is 50.3 Å². The molecule has 0 radical (unpaired) electrons. The lowest BCUT2D eigenvalue weighted by Crippen LogP contribution is -2.69. The normalized spacial score (nSPS) is 28.1. The van der Waals surface area contributed by atoms with E-state index in [1.807, 2.05) is 18.1 Å². The van der Waals surface area contributed by atoms with Crippen LogP contribution in [0.4, 0.5) is 0 Å². The topological polar surface area (TPSA) is 108 Å². The van der Waals surface area contributed by atoms with Crippen LogP contribution in [-0.2, 0) is 9.53 Å². The van der Waals surface area contributed by atoms with Crippen molar-refractivity contribution in [2.45, 2.75) is 43.4 Å². The Morgan fingerprint density at radius 1 is 1.46 bits per heavy atom. The van der Waals surface area contributed by atoms with Gasteiger partial charge in [0.2, 0.25) is 5.91 Å². The van der Waals surface area contributed by atoms with E-state index in [1.165, 1.54) is 24.2 Å². The van der Waals surface area contributed by atoms with Gasteiger partial charge in [-0.15, -0.1) is 0 Å². The zero-order valence-electron chi connectivity index (χ0n) is 15.2. The molecule has 2 aliphatic rings. The van der Waals surface area contributed by atoms with Gasteiger partial charge in [-0.1, -0.05) is 0 Å². The first-order valence-corrected chi connectivity index (χ1v) is 10.2. The minimum Gasteiger partial charge on any atom is -0.388 e. The lowest BCUT2D eigenvalue weighted by molar-refractivity contribution is -0.205. The van der Waals surface area contributed by atoms with Crippen molar-refractivity contribution in [3.05, 3.63) is 18.0 Å². The van der Waals surface area contributed by atoms with E-state index in [1.54, 1.807) is 0 Å². The van der Waals surface area contributed by atoms with Gasteiger partial charge in [0.15, 0.2) is 0 Å². The number of piperidine rings is 1. The number of ether oxygens (including phenoxy) is 1. The largest absolute Gasteiger partial charge is 0.388 e. The number of aliphatic hydroxyl groups excluding tert-OH is 1. The quantitative estimate of drug-likeness (QED) is 0.696. The van der Waals surface area contributed by atoms with Gasteiger partial charge < -0.3 is 20.1 Å². The summed E-state index contributed by atoms with van der Waals surface area (Å²) in [4.78, 5) is 26.3. The van der Waals surface area contributed by atoms with Crippen molar-refractivity contribution in [3.8, 4) is 0 Å². The summed E-state index contributed by atoms with van der Waals surface area (Å²) in [5, 5.41) is 20.5. The van der Waals surface area contributed by atoms with Gasteiger partial charge in [-0.3, -0.25) is 14.7 Å². The number of thioether (sulfide) groups is 1. The fourth-order valence-electron chi connectivity index (χ4n) is 3.87. The number of aromatic amines is 1. The van der Waals surface area contributed by atoms with Crippen LogP contribution in [0.25, 0.3) is 0 Å². The average Bonchev–Trinajstić information content (AvgIpc) is 3.15. The van der Waals surface area contributed by atoms with Crippen LogP contribution in [0.1, 0.15) is 36.5 Å². The average molecular weight is 382 g/mol. The van der Waals surface area contributed by atoms with Gasteiger partial charge >= 0.3 is 0 Å². The molecule has 2 atom stereocenters. The zero-order valence-corrected chi connectivity index (χ0v) is 16.0. The zero-order chi connectivity index (χ0) is 18.8. The van der Waals surface area contributed by atoms with Crippen LogP contribution in [0.5, 0.6) is 0 Å². The highest BCUT2D eigenvalue weighted by atomic mass is 32.2. The molecule has 2 fully saturated rings.